The van der Waals surface area contributed by atoms with E-state index in [1.54, 1.807) is 0 Å². The van der Waals surface area contributed by atoms with Gasteiger partial charge < -0.3 is 33.8 Å². The third kappa shape index (κ3) is 73.8. The first-order chi connectivity index (χ1) is 49.7. The predicted molar refractivity (Wildman–Crippen MR) is 418 cm³/mol. The number of rotatable bonds is 74. The predicted octanol–water partition coefficient (Wildman–Crippen LogP) is 23.1. The summed E-state index contributed by atoms with van der Waals surface area (Å²) in [7, 11) is -9.98. The Labute approximate surface area is 619 Å². The van der Waals surface area contributed by atoms with Gasteiger partial charge >= 0.3 is 39.5 Å². The summed E-state index contributed by atoms with van der Waals surface area (Å²) in [5.74, 6) is -2.31. The normalized spacial score (nSPS) is 14.5. The minimum Gasteiger partial charge on any atom is -0.462 e. The number of unbranched alkanes of at least 4 members (excludes halogenated alkanes) is 28. The molecule has 17 nitrogen and oxygen atoms in total. The summed E-state index contributed by atoms with van der Waals surface area (Å²) in [6.07, 6.45) is 82.0. The largest absolute Gasteiger partial charge is 0.472 e. The van der Waals surface area contributed by atoms with Crippen molar-refractivity contribution in [3.05, 3.63) is 122 Å². The number of ether oxygens (including phenoxy) is 4. The van der Waals surface area contributed by atoms with E-state index in [9.17, 15) is 43.2 Å². The molecule has 0 amide bonds. The maximum absolute atomic E-state index is 13.1. The van der Waals surface area contributed by atoms with Gasteiger partial charge in [0.05, 0.1) is 26.4 Å². The van der Waals surface area contributed by atoms with E-state index in [1.807, 2.05) is 18.2 Å². The van der Waals surface area contributed by atoms with E-state index < -0.39 is 97.5 Å². The molecular formula is C83H142O17P2. The molecule has 0 fully saturated rings. The highest BCUT2D eigenvalue weighted by Crippen LogP contribution is 2.45. The number of phosphoric ester groups is 2. The van der Waals surface area contributed by atoms with Crippen LogP contribution in [0, 0.1) is 0 Å². The van der Waals surface area contributed by atoms with Crippen LogP contribution in [0.15, 0.2) is 122 Å². The van der Waals surface area contributed by atoms with Crippen molar-refractivity contribution in [2.45, 2.75) is 341 Å². The summed E-state index contributed by atoms with van der Waals surface area (Å²) in [6.45, 7) is 4.55. The highest BCUT2D eigenvalue weighted by atomic mass is 31.2. The van der Waals surface area contributed by atoms with Crippen molar-refractivity contribution in [1.82, 2.24) is 0 Å². The van der Waals surface area contributed by atoms with Gasteiger partial charge in [-0.2, -0.15) is 0 Å². The average Bonchev–Trinajstić information content (AvgIpc) is 0.924. The summed E-state index contributed by atoms with van der Waals surface area (Å²) in [4.78, 5) is 72.9. The molecule has 3 N–H and O–H groups in total. The highest BCUT2D eigenvalue weighted by molar-refractivity contribution is 7.47. The van der Waals surface area contributed by atoms with Crippen LogP contribution >= 0.6 is 15.6 Å². The van der Waals surface area contributed by atoms with Gasteiger partial charge in [-0.25, -0.2) is 9.13 Å². The van der Waals surface area contributed by atoms with Gasteiger partial charge in [-0.3, -0.25) is 37.3 Å². The number of carbonyl (C=O) groups is 4. The average molecular weight is 1470 g/mol. The molecule has 5 unspecified atom stereocenters. The quantitative estimate of drug-likeness (QED) is 0.0169. The Morgan fingerprint density at radius 1 is 0.284 bits per heavy atom. The van der Waals surface area contributed by atoms with Crippen molar-refractivity contribution in [3.63, 3.8) is 0 Å². The van der Waals surface area contributed by atoms with Gasteiger partial charge in [-0.1, -0.05) is 316 Å². The molecule has 19 heteroatoms. The summed E-state index contributed by atoms with van der Waals surface area (Å²) in [5, 5.41) is 10.6. The summed E-state index contributed by atoms with van der Waals surface area (Å²) in [6, 6.07) is 0. The standard InChI is InChI=1S/C83H142O17P2/c1-5-9-13-17-21-25-29-33-36-37-38-39-42-45-48-52-56-60-64-68-81(86)94-74-79(100-83(88)70-66-62-58-54-50-46-41-35-31-27-23-19-15-11-7-3)76-98-102(91,92)96-72-77(84)71-95-101(89,90)97-75-78(99-82(87)69-65-61-57-53-49-43-32-28-24-20-16-12-8-4)73-93-80(85)67-63-59-55-51-47-44-40-34-30-26-22-18-14-10-6-2/h9-10,13-14,21-22,25-26,33-34,36,38-40,45,47-48,51,56,60,77-79,84H,5-8,11-12,15-20,23-24,27-32,35,37,41-44,46,49-50,52-55,57-59,61-76H2,1-4H3,(H,89,90)(H,91,92)/b13-9-,14-10-,25-21-,26-22-,36-33-,39-38-,40-34-,48-45-,51-47-,60-56-. The van der Waals surface area contributed by atoms with Crippen LogP contribution in [0.25, 0.3) is 0 Å². The van der Waals surface area contributed by atoms with Crippen molar-refractivity contribution >= 4 is 39.5 Å². The lowest BCUT2D eigenvalue weighted by Gasteiger charge is -2.21. The van der Waals surface area contributed by atoms with Crippen LogP contribution in [0.2, 0.25) is 0 Å². The smallest absolute Gasteiger partial charge is 0.462 e. The summed E-state index contributed by atoms with van der Waals surface area (Å²) in [5.41, 5.74) is 0. The fourth-order valence-corrected chi connectivity index (χ4v) is 12.1. The lowest BCUT2D eigenvalue weighted by molar-refractivity contribution is -0.161. The van der Waals surface area contributed by atoms with Gasteiger partial charge in [0.25, 0.3) is 0 Å². The molecule has 0 aromatic carbocycles. The van der Waals surface area contributed by atoms with E-state index in [-0.39, 0.29) is 25.7 Å². The van der Waals surface area contributed by atoms with Crippen molar-refractivity contribution in [1.29, 1.82) is 0 Å². The SMILES string of the molecule is CC/C=C\C/C=C\C/C=C\C/C=C\C/C=C\C/C=C\CCC(=O)OCC(COP(=O)(O)OCC(O)COP(=O)(O)OCC(COC(=O)CCCC/C=C\C/C=C\C/C=C\C/C=C\CC)OC(=O)CCCCCCCCCCCCCCC)OC(=O)CCCCCCCCCCCCCCCCC. The zero-order valence-corrected chi connectivity index (χ0v) is 65.8. The van der Waals surface area contributed by atoms with Crippen molar-refractivity contribution in [2.24, 2.45) is 0 Å². The monoisotopic (exact) mass is 1470 g/mol. The second-order valence-electron chi connectivity index (χ2n) is 26.3. The number of aliphatic hydroxyl groups is 1. The molecule has 0 bridgehead atoms. The van der Waals surface area contributed by atoms with E-state index in [1.165, 1.54) is 116 Å². The molecule has 5 atom stereocenters. The molecule has 0 rings (SSSR count). The van der Waals surface area contributed by atoms with Crippen molar-refractivity contribution in [2.75, 3.05) is 39.6 Å². The second-order valence-corrected chi connectivity index (χ2v) is 29.2. The summed E-state index contributed by atoms with van der Waals surface area (Å²) >= 11 is 0. The van der Waals surface area contributed by atoms with Crippen LogP contribution in [0.4, 0.5) is 0 Å². The molecular weight excluding hydrogens is 1330 g/mol. The third-order valence-electron chi connectivity index (χ3n) is 16.5. The Morgan fingerprint density at radius 3 is 0.843 bits per heavy atom. The molecule has 0 aliphatic rings. The number of esters is 4. The molecule has 0 saturated carbocycles. The van der Waals surface area contributed by atoms with Crippen LogP contribution < -0.4 is 0 Å². The number of carbonyl (C=O) groups excluding carboxylic acids is 4. The first-order valence-corrected chi connectivity index (χ1v) is 42.8. The van der Waals surface area contributed by atoms with Gasteiger partial charge in [0.2, 0.25) is 0 Å². The molecule has 0 aliphatic heterocycles. The molecule has 586 valence electrons. The zero-order valence-electron chi connectivity index (χ0n) is 64.0. The Morgan fingerprint density at radius 2 is 0.529 bits per heavy atom. The van der Waals surface area contributed by atoms with Crippen LogP contribution in [-0.2, 0) is 65.4 Å². The lowest BCUT2D eigenvalue weighted by Crippen LogP contribution is -2.30. The lowest BCUT2D eigenvalue weighted by atomic mass is 10.0. The molecule has 0 radical (unpaired) electrons. The minimum atomic E-state index is -4.99. The van der Waals surface area contributed by atoms with E-state index in [2.05, 4.69) is 131 Å². The van der Waals surface area contributed by atoms with Crippen LogP contribution in [0.3, 0.4) is 0 Å². The molecule has 102 heavy (non-hydrogen) atoms. The molecule has 0 saturated heterocycles. The number of hydrogen-bond donors (Lipinski definition) is 3. The van der Waals surface area contributed by atoms with Crippen molar-refractivity contribution < 1.29 is 80.2 Å². The molecule has 0 aromatic rings. The Bertz CT molecular complexity index is 2410. The van der Waals surface area contributed by atoms with E-state index in [0.717, 1.165) is 122 Å². The van der Waals surface area contributed by atoms with Gasteiger partial charge in [0.1, 0.15) is 19.3 Å². The Hall–Kier alpha value is -4.54. The van der Waals surface area contributed by atoms with E-state index >= 15 is 0 Å². The number of allylic oxidation sites excluding steroid dienone is 20. The maximum atomic E-state index is 13.1. The number of hydrogen-bond acceptors (Lipinski definition) is 15. The van der Waals surface area contributed by atoms with Gasteiger partial charge in [-0.05, 0) is 103 Å². The first-order valence-electron chi connectivity index (χ1n) is 39.8. The topological polar surface area (TPSA) is 237 Å². The fourth-order valence-electron chi connectivity index (χ4n) is 10.5. The van der Waals surface area contributed by atoms with Gasteiger partial charge in [0.15, 0.2) is 12.2 Å². The molecule has 0 aliphatic carbocycles. The Balaban J connectivity index is 5.43. The third-order valence-corrected chi connectivity index (χ3v) is 18.4. The highest BCUT2D eigenvalue weighted by Gasteiger charge is 2.30. The Kier molecular flexibility index (Phi) is 71.4. The first kappa shape index (κ1) is 97.5. The second kappa shape index (κ2) is 74.7. The van der Waals surface area contributed by atoms with Gasteiger partial charge in [0, 0.05) is 25.7 Å². The minimum absolute atomic E-state index is 0.0359. The number of phosphoric acid groups is 2. The van der Waals surface area contributed by atoms with Crippen LogP contribution in [-0.4, -0.2) is 96.7 Å². The van der Waals surface area contributed by atoms with Crippen molar-refractivity contribution in [3.8, 4) is 0 Å². The summed E-state index contributed by atoms with van der Waals surface area (Å²) < 4.78 is 68.5. The zero-order chi connectivity index (χ0) is 74.6. The van der Waals surface area contributed by atoms with Gasteiger partial charge in [-0.15, -0.1) is 0 Å². The number of aliphatic hydroxyl groups excluding tert-OH is 1. The van der Waals surface area contributed by atoms with Crippen LogP contribution in [0.1, 0.15) is 323 Å². The van der Waals surface area contributed by atoms with Crippen LogP contribution in [0.5, 0.6) is 0 Å². The molecule has 0 aromatic heterocycles. The molecule has 0 spiro atoms. The van der Waals surface area contributed by atoms with E-state index in [4.69, 9.17) is 37.0 Å². The maximum Gasteiger partial charge on any atom is 0.472 e. The molecule has 0 heterocycles. The fraction of sp³-hybridized carbons (Fsp3) is 0.711. The van der Waals surface area contributed by atoms with E-state index in [0.29, 0.717) is 32.1 Å².